The Bertz CT molecular complexity index is 1090. The van der Waals surface area contributed by atoms with Crippen LogP contribution >= 0.6 is 0 Å². The van der Waals surface area contributed by atoms with Gasteiger partial charge in [-0.15, -0.1) is 0 Å². The molecule has 2 atom stereocenters. The molecule has 0 heterocycles. The average molecular weight is 497 g/mol. The zero-order chi connectivity index (χ0) is 26.9. The summed E-state index contributed by atoms with van der Waals surface area (Å²) < 4.78 is 10.3. The fourth-order valence-corrected chi connectivity index (χ4v) is 3.31. The number of nitrogens with one attached hydrogen (secondary N) is 2. The molecule has 0 bridgehead atoms. The number of anilines is 1. The lowest BCUT2D eigenvalue weighted by molar-refractivity contribution is -0.140. The van der Waals surface area contributed by atoms with Gasteiger partial charge in [0.05, 0.1) is 19.8 Å². The molecule has 36 heavy (non-hydrogen) atoms. The Labute approximate surface area is 210 Å². The van der Waals surface area contributed by atoms with Gasteiger partial charge in [0.15, 0.2) is 0 Å². The van der Waals surface area contributed by atoms with E-state index in [0.717, 1.165) is 10.5 Å². The molecule has 0 aliphatic heterocycles. The second-order valence-electron chi connectivity index (χ2n) is 9.04. The standard InChI is InChI=1S/C26H32N4O6/c1-17-6-8-18(9-7-17)22(23(32)28-19-10-12-20(35-5)13-11-19)30(15-14-27)24(33)21(16-31)29-25(34)36-26(2,3)4/h6-13,21-22,31H,15-16H2,1-5H3,(H,28,32)(H,29,34). The maximum absolute atomic E-state index is 13.5. The van der Waals surface area contributed by atoms with Crippen molar-refractivity contribution in [2.45, 2.75) is 45.4 Å². The van der Waals surface area contributed by atoms with Crippen molar-refractivity contribution in [3.05, 3.63) is 59.7 Å². The van der Waals surface area contributed by atoms with E-state index in [4.69, 9.17) is 9.47 Å². The first kappa shape index (κ1) is 28.1. The van der Waals surface area contributed by atoms with Gasteiger partial charge in [-0.2, -0.15) is 5.26 Å². The predicted octanol–water partition coefficient (Wildman–Crippen LogP) is 2.92. The van der Waals surface area contributed by atoms with Gasteiger partial charge < -0.3 is 30.1 Å². The molecule has 10 heteroatoms. The van der Waals surface area contributed by atoms with E-state index in [2.05, 4.69) is 10.6 Å². The van der Waals surface area contributed by atoms with Gasteiger partial charge in [0, 0.05) is 5.69 Å². The lowest BCUT2D eigenvalue weighted by atomic mass is 10.0. The molecule has 2 rings (SSSR count). The number of carbonyl (C=O) groups is 3. The highest BCUT2D eigenvalue weighted by Gasteiger charge is 2.36. The van der Waals surface area contributed by atoms with E-state index in [9.17, 15) is 24.8 Å². The number of hydrogen-bond donors (Lipinski definition) is 3. The summed E-state index contributed by atoms with van der Waals surface area (Å²) in [6.07, 6.45) is -0.915. The smallest absolute Gasteiger partial charge is 0.408 e. The van der Waals surface area contributed by atoms with Gasteiger partial charge in [0.25, 0.3) is 5.91 Å². The van der Waals surface area contributed by atoms with E-state index >= 15 is 0 Å². The van der Waals surface area contributed by atoms with Crippen LogP contribution in [-0.2, 0) is 14.3 Å². The predicted molar refractivity (Wildman–Crippen MR) is 133 cm³/mol. The molecule has 2 aromatic rings. The molecule has 0 spiro atoms. The van der Waals surface area contributed by atoms with Gasteiger partial charge in [-0.3, -0.25) is 9.59 Å². The molecule has 0 saturated heterocycles. The van der Waals surface area contributed by atoms with Crippen molar-refractivity contribution in [3.63, 3.8) is 0 Å². The first-order chi connectivity index (χ1) is 17.0. The van der Waals surface area contributed by atoms with Gasteiger partial charge in [-0.1, -0.05) is 29.8 Å². The minimum atomic E-state index is -1.44. The van der Waals surface area contributed by atoms with Crippen LogP contribution in [0.2, 0.25) is 0 Å². The zero-order valence-corrected chi connectivity index (χ0v) is 21.1. The fraction of sp³-hybridized carbons (Fsp3) is 0.385. The number of benzene rings is 2. The molecule has 2 unspecified atom stereocenters. The van der Waals surface area contributed by atoms with Crippen molar-refractivity contribution in [3.8, 4) is 11.8 Å². The quantitative estimate of drug-likeness (QED) is 0.453. The molecular weight excluding hydrogens is 464 g/mol. The highest BCUT2D eigenvalue weighted by Crippen LogP contribution is 2.25. The number of alkyl carbamates (subject to hydrolysis) is 1. The van der Waals surface area contributed by atoms with Gasteiger partial charge in [0.2, 0.25) is 5.91 Å². The molecule has 192 valence electrons. The number of aryl methyl sites for hydroxylation is 1. The number of nitrogens with zero attached hydrogens (tertiary/aromatic N) is 2. The number of methoxy groups -OCH3 is 1. The molecular formula is C26H32N4O6. The van der Waals surface area contributed by atoms with Crippen LogP contribution in [0.4, 0.5) is 10.5 Å². The van der Waals surface area contributed by atoms with Crippen molar-refractivity contribution in [2.75, 3.05) is 25.6 Å². The van der Waals surface area contributed by atoms with E-state index in [1.54, 1.807) is 69.3 Å². The van der Waals surface area contributed by atoms with Gasteiger partial charge in [-0.25, -0.2) is 4.79 Å². The SMILES string of the molecule is COc1ccc(NC(=O)C(c2ccc(C)cc2)N(CC#N)C(=O)C(CO)NC(=O)OC(C)(C)C)cc1. The molecule has 0 fully saturated rings. The summed E-state index contributed by atoms with van der Waals surface area (Å²) >= 11 is 0. The van der Waals surface area contributed by atoms with Gasteiger partial charge >= 0.3 is 6.09 Å². The van der Waals surface area contributed by atoms with Crippen molar-refractivity contribution < 1.29 is 29.0 Å². The molecule has 0 saturated carbocycles. The van der Waals surface area contributed by atoms with Crippen LogP contribution in [0.5, 0.6) is 5.75 Å². The second kappa shape index (κ2) is 12.6. The van der Waals surface area contributed by atoms with E-state index in [1.807, 2.05) is 13.0 Å². The maximum atomic E-state index is 13.5. The lowest BCUT2D eigenvalue weighted by Gasteiger charge is -2.32. The van der Waals surface area contributed by atoms with E-state index in [-0.39, 0.29) is 0 Å². The van der Waals surface area contributed by atoms with Gasteiger partial charge in [0.1, 0.15) is 30.0 Å². The van der Waals surface area contributed by atoms with Crippen LogP contribution in [0.1, 0.15) is 37.9 Å². The number of hydrogen-bond acceptors (Lipinski definition) is 7. The summed E-state index contributed by atoms with van der Waals surface area (Å²) in [5.41, 5.74) is 1.00. The van der Waals surface area contributed by atoms with Crippen LogP contribution in [-0.4, -0.2) is 59.8 Å². The molecule has 0 radical (unpaired) electrons. The molecule has 3 amide bonds. The summed E-state index contributed by atoms with van der Waals surface area (Å²) in [7, 11) is 1.52. The number of aliphatic hydroxyl groups is 1. The molecule has 3 N–H and O–H groups in total. The average Bonchev–Trinajstić information content (AvgIpc) is 2.82. The van der Waals surface area contributed by atoms with E-state index < -0.39 is 48.7 Å². The molecule has 2 aromatic carbocycles. The minimum absolute atomic E-state index is 0.448. The Hall–Kier alpha value is -4.10. The summed E-state index contributed by atoms with van der Waals surface area (Å²) in [6, 6.07) is 12.8. The highest BCUT2D eigenvalue weighted by molar-refractivity contribution is 5.99. The first-order valence-corrected chi connectivity index (χ1v) is 11.3. The van der Waals surface area contributed by atoms with Crippen molar-refractivity contribution in [1.82, 2.24) is 10.2 Å². The third-order valence-corrected chi connectivity index (χ3v) is 5.01. The molecule has 0 aliphatic carbocycles. The van der Waals surface area contributed by atoms with Crippen molar-refractivity contribution >= 4 is 23.6 Å². The van der Waals surface area contributed by atoms with Crippen molar-refractivity contribution in [2.24, 2.45) is 0 Å². The Morgan fingerprint density at radius 2 is 1.69 bits per heavy atom. The minimum Gasteiger partial charge on any atom is -0.497 e. The van der Waals surface area contributed by atoms with Crippen molar-refractivity contribution in [1.29, 1.82) is 5.26 Å². The maximum Gasteiger partial charge on any atom is 0.408 e. The van der Waals surface area contributed by atoms with Crippen LogP contribution in [0.3, 0.4) is 0 Å². The van der Waals surface area contributed by atoms with Crippen LogP contribution in [0.15, 0.2) is 48.5 Å². The van der Waals surface area contributed by atoms with Gasteiger partial charge in [-0.05, 0) is 57.5 Å². The number of rotatable bonds is 9. The van der Waals surface area contributed by atoms with Crippen LogP contribution < -0.4 is 15.4 Å². The number of aliphatic hydroxyl groups excluding tert-OH is 1. The number of nitriles is 1. The largest absolute Gasteiger partial charge is 0.497 e. The summed E-state index contributed by atoms with van der Waals surface area (Å²) in [5, 5.41) is 24.4. The Balaban J connectivity index is 2.41. The first-order valence-electron chi connectivity index (χ1n) is 11.3. The monoisotopic (exact) mass is 496 g/mol. The topological polar surface area (TPSA) is 141 Å². The summed E-state index contributed by atoms with van der Waals surface area (Å²) in [4.78, 5) is 40.2. The normalized spacial score (nSPS) is 12.5. The third kappa shape index (κ3) is 7.99. The highest BCUT2D eigenvalue weighted by atomic mass is 16.6. The number of amides is 3. The van der Waals surface area contributed by atoms with Crippen LogP contribution in [0.25, 0.3) is 0 Å². The number of ether oxygens (including phenoxy) is 2. The molecule has 0 aromatic heterocycles. The fourth-order valence-electron chi connectivity index (χ4n) is 3.31. The second-order valence-corrected chi connectivity index (χ2v) is 9.04. The van der Waals surface area contributed by atoms with E-state index in [0.29, 0.717) is 17.0 Å². The molecule has 0 aliphatic rings. The lowest BCUT2D eigenvalue weighted by Crippen LogP contribution is -2.54. The Kier molecular flexibility index (Phi) is 9.82. The van der Waals surface area contributed by atoms with Crippen LogP contribution in [0, 0.1) is 18.3 Å². The zero-order valence-electron chi connectivity index (χ0n) is 21.1. The molecule has 10 nitrogen and oxygen atoms in total. The van der Waals surface area contributed by atoms with E-state index in [1.165, 1.54) is 7.11 Å². The summed E-state index contributed by atoms with van der Waals surface area (Å²) in [6.45, 7) is 5.60. The Morgan fingerprint density at radius 1 is 1.08 bits per heavy atom. The summed E-state index contributed by atoms with van der Waals surface area (Å²) in [5.74, 6) is -0.801. The Morgan fingerprint density at radius 3 is 2.19 bits per heavy atom. The number of carbonyl (C=O) groups excluding carboxylic acids is 3. The third-order valence-electron chi connectivity index (χ3n) is 5.01.